The Kier molecular flexibility index (Phi) is 10.8. The highest BCUT2D eigenvalue weighted by atomic mass is 31.2. The van der Waals surface area contributed by atoms with Crippen LogP contribution >= 0.6 is 7.14 Å². The minimum absolute atomic E-state index is 0.0672. The van der Waals surface area contributed by atoms with Crippen LogP contribution in [0.4, 0.5) is 10.1 Å². The highest BCUT2D eigenvalue weighted by Gasteiger charge is 2.53. The third-order valence-corrected chi connectivity index (χ3v) is 17.2. The Bertz CT molecular complexity index is 2900. The average Bonchev–Trinajstić information content (AvgIpc) is 3.66. The molecule has 1 atom stereocenters. The maximum Gasteiger partial charge on any atom is 0.338 e. The number of halogens is 1. The molecule has 63 heavy (non-hydrogen) atoms. The minimum Gasteiger partial charge on any atom is -0.409 e. The Hall–Kier alpha value is -5.92. The minimum atomic E-state index is -2.64. The number of benzene rings is 2. The topological polar surface area (TPSA) is 166 Å². The number of pyridine rings is 1. The monoisotopic (exact) mass is 875 g/mol. The first-order valence-corrected chi connectivity index (χ1v) is 24.0. The second-order valence-electron chi connectivity index (χ2n) is 17.3. The molecule has 2 aromatic carbocycles. The zero-order chi connectivity index (χ0) is 44.5. The summed E-state index contributed by atoms with van der Waals surface area (Å²) < 4.78 is 41.3. The number of nitrogens with zero attached hydrogens (tertiary/aromatic N) is 7. The molecule has 4 N–H and O–H groups in total. The first-order chi connectivity index (χ1) is 30.3. The van der Waals surface area contributed by atoms with Crippen molar-refractivity contribution >= 4 is 35.4 Å². The lowest BCUT2D eigenvalue weighted by Crippen LogP contribution is -2.40. The molecule has 0 unspecified atom stereocenters. The van der Waals surface area contributed by atoms with E-state index in [9.17, 15) is 14.6 Å². The maximum absolute atomic E-state index is 15.3. The van der Waals surface area contributed by atoms with Gasteiger partial charge in [0.15, 0.2) is 5.84 Å². The Balaban J connectivity index is 1.17. The molecular formula is C47H55FN9O5P. The van der Waals surface area contributed by atoms with Crippen LogP contribution in [-0.4, -0.2) is 84.3 Å². The molecule has 330 valence electrons. The van der Waals surface area contributed by atoms with Gasteiger partial charge in [-0.1, -0.05) is 19.0 Å². The van der Waals surface area contributed by atoms with Crippen molar-refractivity contribution in [3.8, 4) is 17.2 Å². The number of carbonyl (C=O) groups excluding carboxylic acids is 1. The predicted octanol–water partition coefficient (Wildman–Crippen LogP) is 7.32. The summed E-state index contributed by atoms with van der Waals surface area (Å²) in [5, 5.41) is 22.5. The van der Waals surface area contributed by atoms with Gasteiger partial charge in [0.05, 0.1) is 34.1 Å². The van der Waals surface area contributed by atoms with E-state index in [1.54, 1.807) is 50.1 Å². The van der Waals surface area contributed by atoms with Gasteiger partial charge >= 0.3 is 5.69 Å². The van der Waals surface area contributed by atoms with E-state index in [0.717, 1.165) is 29.4 Å². The number of hydrogen-bond acceptors (Lipinski definition) is 8. The van der Waals surface area contributed by atoms with E-state index in [2.05, 4.69) is 22.6 Å². The second-order valence-corrected chi connectivity index (χ2v) is 20.8. The molecule has 4 aromatic heterocycles. The van der Waals surface area contributed by atoms with Crippen molar-refractivity contribution in [2.75, 3.05) is 44.4 Å². The number of oxime groups is 1. The van der Waals surface area contributed by atoms with Gasteiger partial charge < -0.3 is 34.9 Å². The number of nitrogens with two attached hydrogens (primary N) is 1. The summed E-state index contributed by atoms with van der Waals surface area (Å²) in [6.07, 6.45) is 9.90. The van der Waals surface area contributed by atoms with Crippen molar-refractivity contribution in [3.63, 3.8) is 0 Å². The fourth-order valence-corrected chi connectivity index (χ4v) is 12.1. The van der Waals surface area contributed by atoms with E-state index in [0.29, 0.717) is 108 Å². The van der Waals surface area contributed by atoms with Gasteiger partial charge in [0.2, 0.25) is 0 Å². The number of aromatic nitrogens is 5. The molecule has 6 heterocycles. The Labute approximate surface area is 365 Å². The predicted molar refractivity (Wildman–Crippen MR) is 243 cm³/mol. The SMILES string of the molecule is CCP(=O)(CC)c1ccc(-n2ccn(-c3c4c(nn3-c3cc(C)c(F)c(C)c3)CCN(C(=O)c3cc5cc(C6CCOCC6)ccn5c3C3(/C(N)=N/O)CC3)[C@H]4C)c2=O)cc1NC. The normalized spacial score (nSPS) is 17.9. The molecule has 6 aromatic rings. The van der Waals surface area contributed by atoms with Gasteiger partial charge in [-0.05, 0) is 118 Å². The summed E-state index contributed by atoms with van der Waals surface area (Å²) in [5.74, 6) is 0.311. The number of anilines is 1. The van der Waals surface area contributed by atoms with E-state index in [4.69, 9.17) is 15.6 Å². The van der Waals surface area contributed by atoms with Crippen LogP contribution in [0.2, 0.25) is 0 Å². The zero-order valence-electron chi connectivity index (χ0n) is 36.7. The molecule has 3 aliphatic rings. The van der Waals surface area contributed by atoms with Gasteiger partial charge in [-0.3, -0.25) is 13.9 Å². The summed E-state index contributed by atoms with van der Waals surface area (Å²) >= 11 is 0. The first-order valence-electron chi connectivity index (χ1n) is 21.9. The third-order valence-electron chi connectivity index (χ3n) is 13.9. The zero-order valence-corrected chi connectivity index (χ0v) is 37.6. The maximum atomic E-state index is 15.3. The molecule has 0 spiro atoms. The summed E-state index contributed by atoms with van der Waals surface area (Å²) in [6, 6.07) is 14.5. The molecule has 2 fully saturated rings. The van der Waals surface area contributed by atoms with Crippen molar-refractivity contribution in [2.24, 2.45) is 10.9 Å². The van der Waals surface area contributed by atoms with Crippen LogP contribution in [0.5, 0.6) is 0 Å². The molecule has 2 aliphatic heterocycles. The number of amidine groups is 1. The van der Waals surface area contributed by atoms with Crippen molar-refractivity contribution in [1.82, 2.24) is 28.2 Å². The van der Waals surface area contributed by atoms with Gasteiger partial charge in [-0.25, -0.2) is 13.9 Å². The molecule has 1 saturated carbocycles. The largest absolute Gasteiger partial charge is 0.409 e. The van der Waals surface area contributed by atoms with E-state index >= 15 is 9.18 Å². The smallest absolute Gasteiger partial charge is 0.338 e. The molecule has 9 rings (SSSR count). The van der Waals surface area contributed by atoms with Crippen molar-refractivity contribution in [3.05, 3.63) is 123 Å². The number of nitrogens with one attached hydrogen (secondary N) is 1. The van der Waals surface area contributed by atoms with Gasteiger partial charge in [-0.15, -0.1) is 0 Å². The lowest BCUT2D eigenvalue weighted by atomic mass is 9.92. The summed E-state index contributed by atoms with van der Waals surface area (Å²) in [5.41, 5.74) is 12.6. The van der Waals surface area contributed by atoms with Crippen molar-refractivity contribution in [1.29, 1.82) is 0 Å². The molecular weight excluding hydrogens is 821 g/mol. The van der Waals surface area contributed by atoms with Crippen LogP contribution in [0.3, 0.4) is 0 Å². The standard InChI is InChI=1S/C47H55FN9O5P/c1-7-63(61,8-2)39-10-9-33(27-38(39)50-6)55-19-20-56(46(55)59)43-40-30(5)53(18-12-37(40)51-57(43)35-23-28(3)41(48)29(4)24-35)44(58)36-26-34-25-32(31-13-21-62-22-14-31)11-17-54(34)42(36)47(15-16-47)45(49)52-60/h9-11,17,19-20,23-27,30-31,50,60H,7-8,12-16,18,21-22H2,1-6H3,(H2,49,52)/t30-/m0/s1. The van der Waals surface area contributed by atoms with E-state index < -0.39 is 18.6 Å². The van der Waals surface area contributed by atoms with Crippen LogP contribution < -0.4 is 22.0 Å². The number of fused-ring (bicyclic) bond motifs is 2. The Morgan fingerprint density at radius 2 is 1.71 bits per heavy atom. The van der Waals surface area contributed by atoms with E-state index in [1.165, 1.54) is 14.7 Å². The fraction of sp³-hybridized carbons (Fsp3) is 0.404. The molecule has 14 nitrogen and oxygen atoms in total. The number of imidazole rings is 1. The molecule has 0 bridgehead atoms. The number of rotatable bonds is 11. The molecule has 0 radical (unpaired) electrons. The lowest BCUT2D eigenvalue weighted by molar-refractivity contribution is 0.0675. The molecule has 16 heteroatoms. The van der Waals surface area contributed by atoms with Crippen molar-refractivity contribution in [2.45, 2.75) is 84.1 Å². The van der Waals surface area contributed by atoms with Gasteiger partial charge in [0.1, 0.15) is 18.8 Å². The number of aryl methyl sites for hydroxylation is 2. The highest BCUT2D eigenvalue weighted by molar-refractivity contribution is 7.71. The first kappa shape index (κ1) is 42.4. The number of carbonyl (C=O) groups is 1. The summed E-state index contributed by atoms with van der Waals surface area (Å²) in [6.45, 7) is 11.0. The Morgan fingerprint density at radius 3 is 2.37 bits per heavy atom. The highest BCUT2D eigenvalue weighted by Crippen LogP contribution is 2.51. The quantitative estimate of drug-likeness (QED) is 0.0401. The lowest BCUT2D eigenvalue weighted by Gasteiger charge is -2.34. The average molecular weight is 876 g/mol. The number of ether oxygens (including phenoxy) is 1. The fourth-order valence-electron chi connectivity index (χ4n) is 10.0. The van der Waals surface area contributed by atoms with Crippen LogP contribution in [0, 0.1) is 19.7 Å². The second kappa shape index (κ2) is 16.0. The Morgan fingerprint density at radius 1 is 1.02 bits per heavy atom. The van der Waals surface area contributed by atoms with Crippen molar-refractivity contribution < 1.29 is 23.7 Å². The number of amides is 1. The van der Waals surface area contributed by atoms with E-state index in [-0.39, 0.29) is 23.2 Å². The van der Waals surface area contributed by atoms with Crippen LogP contribution in [-0.2, 0) is 21.1 Å². The van der Waals surface area contributed by atoms with E-state index in [1.807, 2.05) is 60.5 Å². The third kappa shape index (κ3) is 6.82. The van der Waals surface area contributed by atoms with Gasteiger partial charge in [0, 0.05) is 91.9 Å². The van der Waals surface area contributed by atoms with Crippen LogP contribution in [0.15, 0.2) is 77.1 Å². The molecule has 1 saturated heterocycles. The summed E-state index contributed by atoms with van der Waals surface area (Å²) in [7, 11) is -0.862. The summed E-state index contributed by atoms with van der Waals surface area (Å²) in [4.78, 5) is 31.9. The van der Waals surface area contributed by atoms with Crippen LogP contribution in [0.25, 0.3) is 22.7 Å². The van der Waals surface area contributed by atoms with Gasteiger partial charge in [-0.2, -0.15) is 5.10 Å². The van der Waals surface area contributed by atoms with Gasteiger partial charge in [0.25, 0.3) is 5.91 Å². The molecule has 1 amide bonds. The van der Waals surface area contributed by atoms with Crippen LogP contribution in [0.1, 0.15) is 102 Å². The molecule has 1 aliphatic carbocycles. The number of hydrogen-bond donors (Lipinski definition) is 3.